The fourth-order valence-electron chi connectivity index (χ4n) is 2.57. The molecule has 0 aliphatic carbocycles. The molecule has 1 amide bonds. The Kier molecular flexibility index (Phi) is 7.63. The Hall–Kier alpha value is -2.66. The van der Waals surface area contributed by atoms with Crippen molar-refractivity contribution in [3.05, 3.63) is 58.6 Å². The number of nitrogens with two attached hydrogens (primary N) is 1. The van der Waals surface area contributed by atoms with Gasteiger partial charge in [0, 0.05) is 16.6 Å². The molecule has 0 radical (unpaired) electrons. The van der Waals surface area contributed by atoms with Gasteiger partial charge >= 0.3 is 6.61 Å². The summed E-state index contributed by atoms with van der Waals surface area (Å²) in [4.78, 5) is 12.1. The first-order valence-electron chi connectivity index (χ1n) is 8.82. The fourth-order valence-corrected chi connectivity index (χ4v) is 3.72. The molecule has 30 heavy (non-hydrogen) atoms. The number of nitrogens with one attached hydrogen (secondary N) is 1. The average molecular weight is 498 g/mol. The van der Waals surface area contributed by atoms with E-state index < -0.39 is 6.61 Å². The highest BCUT2D eigenvalue weighted by molar-refractivity contribution is 9.10. The molecule has 7 nitrogen and oxygen atoms in total. The molecule has 0 spiro atoms. The summed E-state index contributed by atoms with van der Waals surface area (Å²) < 4.78 is 30.8. The number of carbonyl (C=O) groups is 1. The van der Waals surface area contributed by atoms with E-state index in [2.05, 4.69) is 36.2 Å². The maximum absolute atomic E-state index is 12.1. The molecule has 1 heterocycles. The Balaban J connectivity index is 1.46. The van der Waals surface area contributed by atoms with Gasteiger partial charge in [0.1, 0.15) is 5.75 Å². The van der Waals surface area contributed by atoms with Gasteiger partial charge in [0.05, 0.1) is 5.75 Å². The largest absolute Gasteiger partial charge is 0.435 e. The summed E-state index contributed by atoms with van der Waals surface area (Å²) in [5.41, 5.74) is 1.69. The van der Waals surface area contributed by atoms with Crippen LogP contribution in [0.2, 0.25) is 0 Å². The van der Waals surface area contributed by atoms with Crippen LogP contribution in [0.4, 0.5) is 8.78 Å². The molecule has 0 unspecified atom stereocenters. The van der Waals surface area contributed by atoms with E-state index in [9.17, 15) is 13.6 Å². The molecule has 0 fully saturated rings. The second-order valence-corrected chi connectivity index (χ2v) is 7.86. The molecule has 158 valence electrons. The van der Waals surface area contributed by atoms with Gasteiger partial charge in [-0.05, 0) is 36.2 Å². The van der Waals surface area contributed by atoms with Crippen LogP contribution in [0.25, 0.3) is 11.4 Å². The van der Waals surface area contributed by atoms with E-state index in [4.69, 9.17) is 5.84 Å². The van der Waals surface area contributed by atoms with Gasteiger partial charge in [-0.3, -0.25) is 4.79 Å². The lowest BCUT2D eigenvalue weighted by Crippen LogP contribution is -2.27. The van der Waals surface area contributed by atoms with Crippen LogP contribution in [0.5, 0.6) is 5.75 Å². The predicted octanol–water partition coefficient (Wildman–Crippen LogP) is 3.47. The van der Waals surface area contributed by atoms with Gasteiger partial charge in [0.15, 0.2) is 5.82 Å². The molecule has 2 aromatic carbocycles. The lowest BCUT2D eigenvalue weighted by molar-refractivity contribution is -0.118. The van der Waals surface area contributed by atoms with Crippen LogP contribution in [0.1, 0.15) is 5.56 Å². The molecular formula is C19H18BrF2N5O2S. The topological polar surface area (TPSA) is 95.1 Å². The molecule has 3 N–H and O–H groups in total. The van der Waals surface area contributed by atoms with E-state index in [1.807, 2.05) is 24.3 Å². The van der Waals surface area contributed by atoms with Gasteiger partial charge in [-0.15, -0.1) is 10.2 Å². The van der Waals surface area contributed by atoms with Crippen molar-refractivity contribution in [2.75, 3.05) is 18.1 Å². The highest BCUT2D eigenvalue weighted by Gasteiger charge is 2.15. The third kappa shape index (κ3) is 5.92. The summed E-state index contributed by atoms with van der Waals surface area (Å²) in [7, 11) is 0. The number of hydrogen-bond acceptors (Lipinski definition) is 6. The van der Waals surface area contributed by atoms with Gasteiger partial charge in [-0.1, -0.05) is 52.0 Å². The maximum atomic E-state index is 12.1. The van der Waals surface area contributed by atoms with E-state index in [0.29, 0.717) is 23.9 Å². The van der Waals surface area contributed by atoms with E-state index in [1.165, 1.54) is 28.6 Å². The number of halogens is 3. The highest BCUT2D eigenvalue weighted by atomic mass is 79.9. The Bertz CT molecular complexity index is 1000. The average Bonchev–Trinajstić information content (AvgIpc) is 3.08. The summed E-state index contributed by atoms with van der Waals surface area (Å²) in [5.74, 6) is 6.61. The molecule has 0 aliphatic heterocycles. The monoisotopic (exact) mass is 497 g/mol. The second kappa shape index (κ2) is 10.4. The lowest BCUT2D eigenvalue weighted by atomic mass is 10.1. The van der Waals surface area contributed by atoms with Crippen LogP contribution in [0, 0.1) is 0 Å². The van der Waals surface area contributed by atoms with Crippen molar-refractivity contribution in [1.29, 1.82) is 0 Å². The minimum Gasteiger partial charge on any atom is -0.435 e. The number of benzene rings is 2. The summed E-state index contributed by atoms with van der Waals surface area (Å²) in [6, 6.07) is 13.8. The maximum Gasteiger partial charge on any atom is 0.387 e. The Morgan fingerprint density at radius 3 is 2.63 bits per heavy atom. The van der Waals surface area contributed by atoms with Crippen molar-refractivity contribution in [1.82, 2.24) is 20.2 Å². The Morgan fingerprint density at radius 2 is 1.93 bits per heavy atom. The highest BCUT2D eigenvalue weighted by Crippen LogP contribution is 2.27. The molecule has 0 bridgehead atoms. The van der Waals surface area contributed by atoms with E-state index in [-0.39, 0.29) is 17.4 Å². The van der Waals surface area contributed by atoms with Crippen LogP contribution < -0.4 is 15.9 Å². The van der Waals surface area contributed by atoms with Crippen LogP contribution >= 0.6 is 27.7 Å². The number of rotatable bonds is 9. The summed E-state index contributed by atoms with van der Waals surface area (Å²) >= 11 is 4.63. The van der Waals surface area contributed by atoms with Crippen molar-refractivity contribution in [2.45, 2.75) is 18.2 Å². The number of nitrogen functional groups attached to an aromatic ring is 1. The predicted molar refractivity (Wildman–Crippen MR) is 114 cm³/mol. The van der Waals surface area contributed by atoms with Crippen LogP contribution in [0.15, 0.2) is 58.2 Å². The first-order chi connectivity index (χ1) is 14.4. The van der Waals surface area contributed by atoms with Gasteiger partial charge in [-0.25, -0.2) is 4.68 Å². The second-order valence-electron chi connectivity index (χ2n) is 6.07. The number of nitrogens with zero attached hydrogens (tertiary/aromatic N) is 3. The molecule has 1 aromatic heterocycles. The van der Waals surface area contributed by atoms with Crippen molar-refractivity contribution < 1.29 is 18.3 Å². The molecule has 0 saturated carbocycles. The molecule has 3 aromatic rings. The lowest BCUT2D eigenvalue weighted by Gasteiger charge is -2.07. The van der Waals surface area contributed by atoms with Gasteiger partial charge in [-0.2, -0.15) is 8.78 Å². The molecule has 0 atom stereocenters. The zero-order valence-corrected chi connectivity index (χ0v) is 18.0. The number of carbonyl (C=O) groups excluding carboxylic acids is 1. The first-order valence-corrected chi connectivity index (χ1v) is 10.6. The quantitative estimate of drug-likeness (QED) is 0.347. The van der Waals surface area contributed by atoms with Crippen LogP contribution in [0.3, 0.4) is 0 Å². The smallest absolute Gasteiger partial charge is 0.387 e. The molecule has 3 rings (SSSR count). The third-order valence-corrected chi connectivity index (χ3v) is 5.63. The molecule has 0 saturated heterocycles. The van der Waals surface area contributed by atoms with Gasteiger partial charge < -0.3 is 15.9 Å². The van der Waals surface area contributed by atoms with Crippen LogP contribution in [-0.2, 0) is 11.2 Å². The van der Waals surface area contributed by atoms with Crippen molar-refractivity contribution in [3.8, 4) is 17.1 Å². The molecule has 0 aliphatic rings. The summed E-state index contributed by atoms with van der Waals surface area (Å²) in [6.07, 6.45) is 0.560. The number of alkyl halides is 2. The van der Waals surface area contributed by atoms with Crippen molar-refractivity contribution in [3.63, 3.8) is 0 Å². The zero-order valence-electron chi connectivity index (χ0n) is 15.6. The first kappa shape index (κ1) is 22.0. The molecule has 11 heteroatoms. The number of thioether (sulfide) groups is 1. The number of ether oxygens (including phenoxy) is 1. The summed E-state index contributed by atoms with van der Waals surface area (Å²) in [6.45, 7) is -2.44. The minimum atomic E-state index is -2.85. The third-order valence-electron chi connectivity index (χ3n) is 4.00. The van der Waals surface area contributed by atoms with Gasteiger partial charge in [0.25, 0.3) is 0 Å². The van der Waals surface area contributed by atoms with Crippen LogP contribution in [-0.4, -0.2) is 39.7 Å². The number of hydrogen-bond donors (Lipinski definition) is 2. The van der Waals surface area contributed by atoms with E-state index in [0.717, 1.165) is 15.6 Å². The molecular weight excluding hydrogens is 480 g/mol. The van der Waals surface area contributed by atoms with E-state index >= 15 is 0 Å². The van der Waals surface area contributed by atoms with Crippen molar-refractivity contribution in [2.24, 2.45) is 0 Å². The Morgan fingerprint density at radius 1 is 1.20 bits per heavy atom. The van der Waals surface area contributed by atoms with Crippen molar-refractivity contribution >= 4 is 33.6 Å². The SMILES string of the molecule is Nn1c(SCC(=O)NCCc2ccc(OC(F)F)cc2)nnc1-c1ccccc1Br. The number of amides is 1. The normalized spacial score (nSPS) is 10.9. The summed E-state index contributed by atoms with van der Waals surface area (Å²) in [5, 5.41) is 11.4. The minimum absolute atomic E-state index is 0.0991. The zero-order chi connectivity index (χ0) is 21.5. The standard InChI is InChI=1S/C19H18BrF2N5O2S/c20-15-4-2-1-3-14(15)17-25-26-19(27(17)23)30-11-16(28)24-10-9-12-5-7-13(8-6-12)29-18(21)22/h1-8,18H,9-11,23H2,(H,24,28). The van der Waals surface area contributed by atoms with E-state index in [1.54, 1.807) is 12.1 Å². The fraction of sp³-hybridized carbons (Fsp3) is 0.211. The Labute approximate surface area is 184 Å². The van der Waals surface area contributed by atoms with Gasteiger partial charge in [0.2, 0.25) is 11.1 Å². The number of aromatic nitrogens is 3.